The Balaban J connectivity index is 1.94. The summed E-state index contributed by atoms with van der Waals surface area (Å²) in [5.41, 5.74) is 3.96. The summed E-state index contributed by atoms with van der Waals surface area (Å²) in [6.45, 7) is 3.80. The summed E-state index contributed by atoms with van der Waals surface area (Å²) in [5, 5.41) is 3.20. The molecule has 0 amide bonds. The molecule has 1 aromatic rings. The van der Waals surface area contributed by atoms with Gasteiger partial charge in [0.05, 0.1) is 16.7 Å². The zero-order valence-electron chi connectivity index (χ0n) is 9.61. The van der Waals surface area contributed by atoms with Crippen LogP contribution in [0.3, 0.4) is 0 Å². The van der Waals surface area contributed by atoms with E-state index in [-0.39, 0.29) is 6.04 Å². The summed E-state index contributed by atoms with van der Waals surface area (Å²) < 4.78 is 5.36. The number of ether oxygens (including phenoxy) is 1. The van der Waals surface area contributed by atoms with Crippen LogP contribution in [-0.4, -0.2) is 18.2 Å². The van der Waals surface area contributed by atoms with Gasteiger partial charge in [-0.2, -0.15) is 0 Å². The van der Waals surface area contributed by atoms with Gasteiger partial charge in [0.15, 0.2) is 0 Å². The molecule has 1 aliphatic rings. The minimum atomic E-state index is 0.188. The third-order valence-corrected chi connectivity index (χ3v) is 3.90. The summed E-state index contributed by atoms with van der Waals surface area (Å²) in [6.07, 6.45) is 3.34. The summed E-state index contributed by atoms with van der Waals surface area (Å²) >= 11 is 1.68. The Hall–Kier alpha value is -0.490. The number of nitrogens with two attached hydrogens (primary N) is 1. The van der Waals surface area contributed by atoms with Crippen molar-refractivity contribution >= 4 is 11.3 Å². The zero-order chi connectivity index (χ0) is 11.4. The Morgan fingerprint density at radius 3 is 2.94 bits per heavy atom. The molecule has 0 spiro atoms. The van der Waals surface area contributed by atoms with Crippen molar-refractivity contribution in [2.24, 2.45) is 11.8 Å². The summed E-state index contributed by atoms with van der Waals surface area (Å²) in [6, 6.07) is 0.188. The molecular formula is C11H19N3OS. The van der Waals surface area contributed by atoms with Gasteiger partial charge in [-0.25, -0.2) is 4.98 Å². The van der Waals surface area contributed by atoms with Gasteiger partial charge in [0.1, 0.15) is 0 Å². The molecule has 0 radical (unpaired) electrons. The summed E-state index contributed by atoms with van der Waals surface area (Å²) in [4.78, 5) is 4.49. The number of hydrazine groups is 1. The Labute approximate surface area is 100 Å². The molecule has 1 fully saturated rings. The first-order chi connectivity index (χ1) is 7.79. The van der Waals surface area contributed by atoms with Gasteiger partial charge >= 0.3 is 0 Å². The smallest absolute Gasteiger partial charge is 0.0898 e. The Bertz CT molecular complexity index is 323. The first-order valence-corrected chi connectivity index (χ1v) is 6.63. The molecule has 16 heavy (non-hydrogen) atoms. The van der Waals surface area contributed by atoms with E-state index in [2.05, 4.69) is 15.8 Å². The topological polar surface area (TPSA) is 60.2 Å². The zero-order valence-corrected chi connectivity index (χ0v) is 10.4. The van der Waals surface area contributed by atoms with Crippen LogP contribution < -0.4 is 11.3 Å². The number of aryl methyl sites for hydroxylation is 1. The first-order valence-electron chi connectivity index (χ1n) is 5.75. The van der Waals surface area contributed by atoms with Crippen LogP contribution in [0.15, 0.2) is 5.38 Å². The largest absolute Gasteiger partial charge is 0.381 e. The van der Waals surface area contributed by atoms with Gasteiger partial charge < -0.3 is 4.74 Å². The molecule has 0 aromatic carbocycles. The number of aromatic nitrogens is 1. The molecule has 1 aromatic heterocycles. The summed E-state index contributed by atoms with van der Waals surface area (Å²) in [5.74, 6) is 6.32. The van der Waals surface area contributed by atoms with Crippen LogP contribution in [-0.2, 0) is 4.74 Å². The predicted molar refractivity (Wildman–Crippen MR) is 65.1 cm³/mol. The van der Waals surface area contributed by atoms with Crippen molar-refractivity contribution in [1.82, 2.24) is 10.4 Å². The van der Waals surface area contributed by atoms with Crippen molar-refractivity contribution in [2.45, 2.75) is 32.2 Å². The molecule has 90 valence electrons. The third-order valence-electron chi connectivity index (χ3n) is 3.10. The van der Waals surface area contributed by atoms with E-state index in [0.29, 0.717) is 5.92 Å². The number of nitrogens with one attached hydrogen (secondary N) is 1. The van der Waals surface area contributed by atoms with Crippen molar-refractivity contribution in [3.05, 3.63) is 16.1 Å². The second-order valence-electron chi connectivity index (χ2n) is 4.30. The number of hydrogen-bond donors (Lipinski definition) is 2. The molecule has 1 unspecified atom stereocenters. The molecule has 3 N–H and O–H groups in total. The molecule has 0 saturated carbocycles. The normalized spacial score (nSPS) is 19.9. The number of hydrogen-bond acceptors (Lipinski definition) is 5. The predicted octanol–water partition coefficient (Wildman–Crippen LogP) is 1.77. The average Bonchev–Trinajstić information content (AvgIpc) is 2.74. The van der Waals surface area contributed by atoms with Crippen LogP contribution in [0.25, 0.3) is 0 Å². The van der Waals surface area contributed by atoms with Gasteiger partial charge in [0, 0.05) is 18.6 Å². The molecule has 2 rings (SSSR count). The highest BCUT2D eigenvalue weighted by Gasteiger charge is 2.21. The highest BCUT2D eigenvalue weighted by molar-refractivity contribution is 7.09. The first kappa shape index (κ1) is 12.0. The van der Waals surface area contributed by atoms with Gasteiger partial charge in [-0.1, -0.05) is 0 Å². The SMILES string of the molecule is Cc1nc(C(CC2CCOCC2)NN)cs1. The Kier molecular flexibility index (Phi) is 4.29. The Morgan fingerprint density at radius 2 is 2.38 bits per heavy atom. The van der Waals surface area contributed by atoms with E-state index in [4.69, 9.17) is 10.6 Å². The molecule has 4 nitrogen and oxygen atoms in total. The summed E-state index contributed by atoms with van der Waals surface area (Å²) in [7, 11) is 0. The van der Waals surface area contributed by atoms with Crippen molar-refractivity contribution in [2.75, 3.05) is 13.2 Å². The van der Waals surface area contributed by atoms with Crippen molar-refractivity contribution in [1.29, 1.82) is 0 Å². The maximum atomic E-state index is 5.61. The highest BCUT2D eigenvalue weighted by Crippen LogP contribution is 2.27. The fourth-order valence-electron chi connectivity index (χ4n) is 2.13. The lowest BCUT2D eigenvalue weighted by atomic mass is 9.92. The van der Waals surface area contributed by atoms with Crippen LogP contribution >= 0.6 is 11.3 Å². The second kappa shape index (κ2) is 5.72. The van der Waals surface area contributed by atoms with E-state index in [1.807, 2.05) is 6.92 Å². The van der Waals surface area contributed by atoms with E-state index in [1.54, 1.807) is 11.3 Å². The lowest BCUT2D eigenvalue weighted by Gasteiger charge is -2.25. The van der Waals surface area contributed by atoms with E-state index in [1.165, 1.54) is 0 Å². The van der Waals surface area contributed by atoms with Gasteiger partial charge in [-0.15, -0.1) is 11.3 Å². The molecule has 1 atom stereocenters. The number of rotatable bonds is 4. The van der Waals surface area contributed by atoms with Crippen LogP contribution in [0.5, 0.6) is 0 Å². The van der Waals surface area contributed by atoms with Crippen LogP contribution in [0.2, 0.25) is 0 Å². The minimum Gasteiger partial charge on any atom is -0.381 e. The molecule has 1 aliphatic heterocycles. The average molecular weight is 241 g/mol. The molecule has 0 bridgehead atoms. The van der Waals surface area contributed by atoms with Gasteiger partial charge in [0.2, 0.25) is 0 Å². The van der Waals surface area contributed by atoms with Crippen molar-refractivity contribution in [3.63, 3.8) is 0 Å². The van der Waals surface area contributed by atoms with Crippen molar-refractivity contribution in [3.8, 4) is 0 Å². The standard InChI is InChI=1S/C11H19N3OS/c1-8-13-11(7-16-8)10(14-12)6-9-2-4-15-5-3-9/h7,9-10,14H,2-6,12H2,1H3. The van der Waals surface area contributed by atoms with Crippen LogP contribution in [0.4, 0.5) is 0 Å². The third kappa shape index (κ3) is 3.01. The maximum absolute atomic E-state index is 5.61. The molecule has 5 heteroatoms. The quantitative estimate of drug-likeness (QED) is 0.623. The van der Waals surface area contributed by atoms with Gasteiger partial charge in [-0.05, 0) is 32.1 Å². The molecule has 2 heterocycles. The van der Waals surface area contributed by atoms with Gasteiger partial charge in [0.25, 0.3) is 0 Å². The maximum Gasteiger partial charge on any atom is 0.0898 e. The second-order valence-corrected chi connectivity index (χ2v) is 5.36. The minimum absolute atomic E-state index is 0.188. The van der Waals surface area contributed by atoms with E-state index >= 15 is 0 Å². The van der Waals surface area contributed by atoms with E-state index in [0.717, 1.165) is 43.2 Å². The van der Waals surface area contributed by atoms with Gasteiger partial charge in [-0.3, -0.25) is 11.3 Å². The molecular weight excluding hydrogens is 222 g/mol. The number of thiazole rings is 1. The fraction of sp³-hybridized carbons (Fsp3) is 0.727. The molecule has 1 saturated heterocycles. The van der Waals surface area contributed by atoms with E-state index < -0.39 is 0 Å². The van der Waals surface area contributed by atoms with Crippen LogP contribution in [0.1, 0.15) is 36.0 Å². The highest BCUT2D eigenvalue weighted by atomic mass is 32.1. The Morgan fingerprint density at radius 1 is 1.62 bits per heavy atom. The lowest BCUT2D eigenvalue weighted by Crippen LogP contribution is -2.31. The lowest BCUT2D eigenvalue weighted by molar-refractivity contribution is 0.0604. The monoisotopic (exact) mass is 241 g/mol. The van der Waals surface area contributed by atoms with E-state index in [9.17, 15) is 0 Å². The molecule has 0 aliphatic carbocycles. The van der Waals surface area contributed by atoms with Crippen molar-refractivity contribution < 1.29 is 4.74 Å². The van der Waals surface area contributed by atoms with Crippen LogP contribution in [0, 0.1) is 12.8 Å². The fourth-order valence-corrected chi connectivity index (χ4v) is 2.80. The number of nitrogens with zero attached hydrogens (tertiary/aromatic N) is 1.